The molecule has 4 rings (SSSR count). The predicted octanol–water partition coefficient (Wildman–Crippen LogP) is 1.35. The first-order valence-electron chi connectivity index (χ1n) is 9.00. The SMILES string of the molecule is OC[C@@H](O)[C@@H]1OC(c2ccc(O)cc2)O[C@H]1[C@@H]1COC(c2ccc(O)cc2)O1. The second-order valence-corrected chi connectivity index (χ2v) is 6.81. The molecule has 150 valence electrons. The molecule has 2 saturated heterocycles. The molecular formula is C20H22O8. The first kappa shape index (κ1) is 19.1. The number of phenols is 2. The first-order valence-corrected chi connectivity index (χ1v) is 9.00. The standard InChI is InChI=1S/C20H22O8/c21-9-15(24)17-18(28-20(27-17)12-3-7-14(23)8-4-12)16-10-25-19(26-16)11-1-5-13(22)6-2-11/h1-8,15-24H,9-10H2/t15-,16+,17+,18+,19?,20?/m1/s1. The number of hydrogen-bond donors (Lipinski definition) is 4. The zero-order valence-electron chi connectivity index (χ0n) is 14.9. The molecule has 8 nitrogen and oxygen atoms in total. The number of aliphatic hydroxyl groups excluding tert-OH is 2. The molecule has 0 aromatic heterocycles. The van der Waals surface area contributed by atoms with Gasteiger partial charge < -0.3 is 39.4 Å². The van der Waals surface area contributed by atoms with Gasteiger partial charge in [0.1, 0.15) is 35.9 Å². The van der Waals surface area contributed by atoms with Gasteiger partial charge in [0, 0.05) is 11.1 Å². The highest BCUT2D eigenvalue weighted by molar-refractivity contribution is 5.28. The number of benzene rings is 2. The molecule has 0 amide bonds. The normalized spacial score (nSPS) is 31.1. The summed E-state index contributed by atoms with van der Waals surface area (Å²) in [6.45, 7) is -0.266. The molecule has 2 aromatic carbocycles. The highest BCUT2D eigenvalue weighted by Crippen LogP contribution is 2.39. The van der Waals surface area contributed by atoms with Crippen molar-refractivity contribution in [1.82, 2.24) is 0 Å². The largest absolute Gasteiger partial charge is 0.508 e. The fraction of sp³-hybridized carbons (Fsp3) is 0.400. The lowest BCUT2D eigenvalue weighted by Gasteiger charge is -2.24. The average Bonchev–Trinajstić information content (AvgIpc) is 3.36. The van der Waals surface area contributed by atoms with Gasteiger partial charge in [-0.2, -0.15) is 0 Å². The van der Waals surface area contributed by atoms with E-state index in [0.717, 1.165) is 5.56 Å². The van der Waals surface area contributed by atoms with Gasteiger partial charge in [0.2, 0.25) is 0 Å². The Bertz CT molecular complexity index is 778. The molecule has 2 aliphatic heterocycles. The molecule has 0 spiro atoms. The van der Waals surface area contributed by atoms with Gasteiger partial charge in [-0.3, -0.25) is 0 Å². The Morgan fingerprint density at radius 2 is 1.39 bits per heavy atom. The van der Waals surface area contributed by atoms with Crippen LogP contribution in [0.2, 0.25) is 0 Å². The van der Waals surface area contributed by atoms with Crippen molar-refractivity contribution in [2.75, 3.05) is 13.2 Å². The summed E-state index contributed by atoms with van der Waals surface area (Å²) in [7, 11) is 0. The van der Waals surface area contributed by atoms with Crippen LogP contribution in [0.5, 0.6) is 11.5 Å². The summed E-state index contributed by atoms with van der Waals surface area (Å²) >= 11 is 0. The van der Waals surface area contributed by atoms with Crippen LogP contribution in [0.15, 0.2) is 48.5 Å². The lowest BCUT2D eigenvalue weighted by Crippen LogP contribution is -2.44. The molecule has 8 heteroatoms. The number of ether oxygens (including phenoxy) is 4. The van der Waals surface area contributed by atoms with E-state index in [0.29, 0.717) is 5.56 Å². The van der Waals surface area contributed by atoms with Gasteiger partial charge in [0.15, 0.2) is 12.6 Å². The van der Waals surface area contributed by atoms with E-state index < -0.39 is 43.6 Å². The Morgan fingerprint density at radius 1 is 0.821 bits per heavy atom. The summed E-state index contributed by atoms with van der Waals surface area (Å²) in [6, 6.07) is 12.9. The van der Waals surface area contributed by atoms with Gasteiger partial charge in [0.05, 0.1) is 13.2 Å². The first-order chi connectivity index (χ1) is 13.5. The van der Waals surface area contributed by atoms with Gasteiger partial charge in [-0.1, -0.05) is 24.3 Å². The Hall–Kier alpha value is -2.20. The van der Waals surface area contributed by atoms with Crippen LogP contribution >= 0.6 is 0 Å². The van der Waals surface area contributed by atoms with Crippen molar-refractivity contribution in [2.24, 2.45) is 0 Å². The van der Waals surface area contributed by atoms with Gasteiger partial charge in [-0.15, -0.1) is 0 Å². The van der Waals surface area contributed by atoms with E-state index in [4.69, 9.17) is 18.9 Å². The van der Waals surface area contributed by atoms with Crippen LogP contribution in [0, 0.1) is 0 Å². The predicted molar refractivity (Wildman–Crippen MR) is 95.4 cm³/mol. The topological polar surface area (TPSA) is 118 Å². The van der Waals surface area contributed by atoms with Crippen LogP contribution in [0.3, 0.4) is 0 Å². The second kappa shape index (κ2) is 8.04. The monoisotopic (exact) mass is 390 g/mol. The van der Waals surface area contributed by atoms with Gasteiger partial charge in [-0.05, 0) is 24.3 Å². The summed E-state index contributed by atoms with van der Waals surface area (Å²) in [5, 5.41) is 38.4. The van der Waals surface area contributed by atoms with Crippen molar-refractivity contribution < 1.29 is 39.4 Å². The maximum Gasteiger partial charge on any atom is 0.184 e. The molecular weight excluding hydrogens is 368 g/mol. The molecule has 6 atom stereocenters. The molecule has 2 heterocycles. The molecule has 0 aliphatic carbocycles. The lowest BCUT2D eigenvalue weighted by atomic mass is 10.0. The van der Waals surface area contributed by atoms with E-state index in [1.807, 2.05) is 0 Å². The number of aliphatic hydroxyl groups is 2. The third kappa shape index (κ3) is 3.83. The van der Waals surface area contributed by atoms with E-state index in [1.165, 1.54) is 12.1 Å². The maximum atomic E-state index is 10.2. The van der Waals surface area contributed by atoms with Crippen LogP contribution in [0.1, 0.15) is 23.7 Å². The van der Waals surface area contributed by atoms with Crippen molar-refractivity contribution in [3.63, 3.8) is 0 Å². The third-order valence-corrected chi connectivity index (χ3v) is 4.86. The zero-order valence-corrected chi connectivity index (χ0v) is 14.9. The minimum atomic E-state index is -1.15. The summed E-state index contributed by atoms with van der Waals surface area (Å²) in [5.74, 6) is 0.267. The van der Waals surface area contributed by atoms with E-state index in [2.05, 4.69) is 0 Å². The smallest absolute Gasteiger partial charge is 0.184 e. The Kier molecular flexibility index (Phi) is 5.49. The van der Waals surface area contributed by atoms with Crippen molar-refractivity contribution in [3.8, 4) is 11.5 Å². The van der Waals surface area contributed by atoms with Crippen LogP contribution in [-0.2, 0) is 18.9 Å². The minimum Gasteiger partial charge on any atom is -0.508 e. The van der Waals surface area contributed by atoms with Crippen molar-refractivity contribution in [2.45, 2.75) is 37.0 Å². The number of rotatable bonds is 5. The minimum absolute atomic E-state index is 0.120. The van der Waals surface area contributed by atoms with Crippen LogP contribution in [0.4, 0.5) is 0 Å². The van der Waals surface area contributed by atoms with E-state index in [1.54, 1.807) is 36.4 Å². The highest BCUT2D eigenvalue weighted by Gasteiger charge is 2.48. The molecule has 2 aliphatic rings. The quantitative estimate of drug-likeness (QED) is 0.604. The van der Waals surface area contributed by atoms with Crippen LogP contribution < -0.4 is 0 Å². The zero-order chi connectivity index (χ0) is 19.7. The van der Waals surface area contributed by atoms with E-state index >= 15 is 0 Å². The Balaban J connectivity index is 1.49. The second-order valence-electron chi connectivity index (χ2n) is 6.81. The summed E-state index contributed by atoms with van der Waals surface area (Å²) < 4.78 is 23.5. The van der Waals surface area contributed by atoms with Gasteiger partial charge in [0.25, 0.3) is 0 Å². The molecule has 2 fully saturated rings. The van der Waals surface area contributed by atoms with Gasteiger partial charge in [-0.25, -0.2) is 0 Å². The van der Waals surface area contributed by atoms with E-state index in [9.17, 15) is 20.4 Å². The molecule has 0 radical (unpaired) electrons. The highest BCUT2D eigenvalue weighted by atomic mass is 16.8. The number of phenolic OH excluding ortho intramolecular Hbond substituents is 2. The Labute approximate surface area is 161 Å². The molecule has 4 N–H and O–H groups in total. The van der Waals surface area contributed by atoms with Crippen molar-refractivity contribution >= 4 is 0 Å². The summed E-state index contributed by atoms with van der Waals surface area (Å²) in [5.41, 5.74) is 1.41. The number of aromatic hydroxyl groups is 2. The fourth-order valence-electron chi connectivity index (χ4n) is 3.37. The van der Waals surface area contributed by atoms with Crippen LogP contribution in [0.25, 0.3) is 0 Å². The van der Waals surface area contributed by atoms with Crippen molar-refractivity contribution in [3.05, 3.63) is 59.7 Å². The molecule has 2 aromatic rings. The molecule has 0 bridgehead atoms. The Morgan fingerprint density at radius 3 is 1.96 bits per heavy atom. The van der Waals surface area contributed by atoms with Crippen LogP contribution in [-0.4, -0.2) is 58.1 Å². The van der Waals surface area contributed by atoms with E-state index in [-0.39, 0.29) is 18.1 Å². The molecule has 2 unspecified atom stereocenters. The van der Waals surface area contributed by atoms with Gasteiger partial charge >= 0.3 is 0 Å². The summed E-state index contributed by atoms with van der Waals surface area (Å²) in [6.07, 6.45) is -4.54. The number of hydrogen-bond acceptors (Lipinski definition) is 8. The molecule has 28 heavy (non-hydrogen) atoms. The average molecular weight is 390 g/mol. The van der Waals surface area contributed by atoms with Crippen molar-refractivity contribution in [1.29, 1.82) is 0 Å². The lowest BCUT2D eigenvalue weighted by molar-refractivity contribution is -0.107. The fourth-order valence-corrected chi connectivity index (χ4v) is 3.37. The maximum absolute atomic E-state index is 10.2. The third-order valence-electron chi connectivity index (χ3n) is 4.86. The summed E-state index contributed by atoms with van der Waals surface area (Å²) in [4.78, 5) is 0. The molecule has 0 saturated carbocycles.